The van der Waals surface area contributed by atoms with E-state index in [1.807, 2.05) is 0 Å². The van der Waals surface area contributed by atoms with E-state index in [0.717, 1.165) is 30.4 Å². The fourth-order valence-corrected chi connectivity index (χ4v) is 3.44. The highest BCUT2D eigenvalue weighted by atomic mass is 16.6. The van der Waals surface area contributed by atoms with E-state index in [2.05, 4.69) is 26.0 Å². The van der Waals surface area contributed by atoms with Crippen molar-refractivity contribution in [3.63, 3.8) is 0 Å². The zero-order valence-electron chi connectivity index (χ0n) is 11.4. The third-order valence-electron chi connectivity index (χ3n) is 4.44. The third-order valence-corrected chi connectivity index (χ3v) is 4.44. The van der Waals surface area contributed by atoms with E-state index in [1.54, 1.807) is 0 Å². The predicted molar refractivity (Wildman–Crippen MR) is 73.1 cm³/mol. The minimum atomic E-state index is -0.983. The van der Waals surface area contributed by atoms with Crippen molar-refractivity contribution in [3.05, 3.63) is 40.0 Å². The molecular weight excluding hydrogens is 240 g/mol. The van der Waals surface area contributed by atoms with Crippen molar-refractivity contribution in [2.45, 2.75) is 51.9 Å². The summed E-state index contributed by atoms with van der Waals surface area (Å²) in [5.41, 5.74) is 4.93. The van der Waals surface area contributed by atoms with Gasteiger partial charge in [-0.15, -0.1) is 0 Å². The number of fused-ring (bicyclic) bond motifs is 1. The Morgan fingerprint density at radius 2 is 2.16 bits per heavy atom. The van der Waals surface area contributed by atoms with Gasteiger partial charge in [0.15, 0.2) is 6.29 Å². The lowest BCUT2D eigenvalue weighted by Crippen LogP contribution is -2.06. The summed E-state index contributed by atoms with van der Waals surface area (Å²) in [4.78, 5) is 0. The molecule has 1 heterocycles. The molecule has 3 nitrogen and oxygen atoms in total. The van der Waals surface area contributed by atoms with Gasteiger partial charge in [0.05, 0.1) is 12.2 Å². The number of allylic oxidation sites excluding steroid dienone is 2. The maximum absolute atomic E-state index is 10.6. The molecule has 2 atom stereocenters. The number of hydrogen-bond donors (Lipinski definition) is 2. The molecule has 102 valence electrons. The minimum absolute atomic E-state index is 0.249. The first kappa shape index (κ1) is 12.7. The smallest absolute Gasteiger partial charge is 0.185 e. The first-order valence-corrected chi connectivity index (χ1v) is 6.98. The molecule has 1 aliphatic heterocycles. The molecule has 2 N–H and O–H groups in total. The van der Waals surface area contributed by atoms with E-state index < -0.39 is 6.29 Å². The normalized spacial score (nSPS) is 25.0. The van der Waals surface area contributed by atoms with Crippen molar-refractivity contribution in [2.24, 2.45) is 0 Å². The van der Waals surface area contributed by atoms with Crippen LogP contribution in [0.15, 0.2) is 12.2 Å². The summed E-state index contributed by atoms with van der Waals surface area (Å²) in [6.45, 7) is 4.58. The van der Waals surface area contributed by atoms with Gasteiger partial charge in [-0.05, 0) is 42.9 Å². The molecule has 0 fully saturated rings. The van der Waals surface area contributed by atoms with Gasteiger partial charge in [0.1, 0.15) is 5.75 Å². The number of ether oxygens (including phenoxy) is 1. The second kappa shape index (κ2) is 4.66. The lowest BCUT2D eigenvalue weighted by atomic mass is 9.84. The number of aliphatic hydroxyl groups is 1. The molecule has 2 aliphatic rings. The Morgan fingerprint density at radius 3 is 2.79 bits per heavy atom. The average molecular weight is 260 g/mol. The molecule has 0 spiro atoms. The van der Waals surface area contributed by atoms with Crippen LogP contribution in [-0.2, 0) is 17.8 Å². The standard InChI is InChI=1S/C16H20O3/c1-3-11-9(2)12-8-19-16(18)14(12)15(17)13(11)10-6-4-5-7-10/h4,6,10,16-18H,3,5,7-8H2,1-2H3. The third kappa shape index (κ3) is 1.80. The lowest BCUT2D eigenvalue weighted by Gasteiger charge is -2.21. The van der Waals surface area contributed by atoms with Crippen LogP contribution in [0.1, 0.15) is 59.8 Å². The molecule has 19 heavy (non-hydrogen) atoms. The van der Waals surface area contributed by atoms with Crippen LogP contribution in [-0.4, -0.2) is 10.2 Å². The molecule has 3 rings (SSSR count). The molecule has 0 amide bonds. The summed E-state index contributed by atoms with van der Waals surface area (Å²) in [7, 11) is 0. The predicted octanol–water partition coefficient (Wildman–Crippen LogP) is 3.22. The number of phenols is 1. The quantitative estimate of drug-likeness (QED) is 0.803. The Bertz CT molecular complexity index is 546. The summed E-state index contributed by atoms with van der Waals surface area (Å²) >= 11 is 0. The van der Waals surface area contributed by atoms with E-state index in [1.165, 1.54) is 11.1 Å². The van der Waals surface area contributed by atoms with E-state index in [0.29, 0.717) is 12.2 Å². The SMILES string of the molecule is CCc1c(C)c2c(c(O)c1C1C=CCC1)C(O)OC2. The van der Waals surface area contributed by atoms with E-state index in [-0.39, 0.29) is 11.7 Å². The Morgan fingerprint density at radius 1 is 1.37 bits per heavy atom. The minimum Gasteiger partial charge on any atom is -0.507 e. The van der Waals surface area contributed by atoms with Gasteiger partial charge in [-0.2, -0.15) is 0 Å². The van der Waals surface area contributed by atoms with Gasteiger partial charge >= 0.3 is 0 Å². The molecule has 0 radical (unpaired) electrons. The molecule has 0 saturated carbocycles. The molecule has 3 heteroatoms. The molecule has 0 aromatic heterocycles. The highest BCUT2D eigenvalue weighted by molar-refractivity contribution is 5.58. The van der Waals surface area contributed by atoms with Crippen LogP contribution in [0.2, 0.25) is 0 Å². The number of rotatable bonds is 2. The van der Waals surface area contributed by atoms with Gasteiger partial charge in [-0.3, -0.25) is 0 Å². The highest BCUT2D eigenvalue weighted by Gasteiger charge is 2.32. The largest absolute Gasteiger partial charge is 0.507 e. The molecule has 1 aliphatic carbocycles. The zero-order valence-corrected chi connectivity index (χ0v) is 11.4. The molecule has 0 saturated heterocycles. The number of hydrogen-bond acceptors (Lipinski definition) is 3. The van der Waals surface area contributed by atoms with Crippen LogP contribution in [0.25, 0.3) is 0 Å². The van der Waals surface area contributed by atoms with Crippen LogP contribution in [0.3, 0.4) is 0 Å². The van der Waals surface area contributed by atoms with Crippen LogP contribution >= 0.6 is 0 Å². The Hall–Kier alpha value is -1.32. The molecule has 0 bridgehead atoms. The first-order valence-electron chi connectivity index (χ1n) is 6.98. The van der Waals surface area contributed by atoms with Crippen molar-refractivity contribution in [2.75, 3.05) is 0 Å². The fourth-order valence-electron chi connectivity index (χ4n) is 3.44. The summed E-state index contributed by atoms with van der Waals surface area (Å²) in [5, 5.41) is 20.5. The van der Waals surface area contributed by atoms with E-state index in [9.17, 15) is 10.2 Å². The summed E-state index contributed by atoms with van der Waals surface area (Å²) in [5.74, 6) is 0.519. The van der Waals surface area contributed by atoms with Crippen molar-refractivity contribution in [3.8, 4) is 5.75 Å². The Kier molecular flexibility index (Phi) is 3.11. The van der Waals surface area contributed by atoms with Gasteiger partial charge in [0.2, 0.25) is 0 Å². The Balaban J connectivity index is 2.25. The van der Waals surface area contributed by atoms with Crippen LogP contribution in [0.4, 0.5) is 0 Å². The van der Waals surface area contributed by atoms with Gasteiger partial charge in [0.25, 0.3) is 0 Å². The maximum Gasteiger partial charge on any atom is 0.185 e. The highest BCUT2D eigenvalue weighted by Crippen LogP contribution is 2.46. The van der Waals surface area contributed by atoms with Crippen molar-refractivity contribution in [1.29, 1.82) is 0 Å². The Labute approximate surface area is 113 Å². The van der Waals surface area contributed by atoms with Gasteiger partial charge in [-0.1, -0.05) is 19.1 Å². The van der Waals surface area contributed by atoms with Gasteiger partial charge in [-0.25, -0.2) is 0 Å². The molecule has 1 aromatic carbocycles. The lowest BCUT2D eigenvalue weighted by molar-refractivity contribution is -0.0926. The second-order valence-electron chi connectivity index (χ2n) is 5.39. The number of aromatic hydroxyl groups is 1. The topological polar surface area (TPSA) is 49.7 Å². The van der Waals surface area contributed by atoms with Crippen molar-refractivity contribution in [1.82, 2.24) is 0 Å². The van der Waals surface area contributed by atoms with Crippen LogP contribution < -0.4 is 0 Å². The zero-order chi connectivity index (χ0) is 13.6. The molecule has 1 aromatic rings. The van der Waals surface area contributed by atoms with Crippen molar-refractivity contribution >= 4 is 0 Å². The van der Waals surface area contributed by atoms with E-state index >= 15 is 0 Å². The summed E-state index contributed by atoms with van der Waals surface area (Å²) in [6, 6.07) is 0. The number of phenolic OH excluding ortho intramolecular Hbond substituents is 1. The molecular formula is C16H20O3. The van der Waals surface area contributed by atoms with E-state index in [4.69, 9.17) is 4.74 Å². The maximum atomic E-state index is 10.6. The fraction of sp³-hybridized carbons (Fsp3) is 0.500. The van der Waals surface area contributed by atoms with Crippen LogP contribution in [0, 0.1) is 6.92 Å². The monoisotopic (exact) mass is 260 g/mol. The molecule has 2 unspecified atom stereocenters. The summed E-state index contributed by atoms with van der Waals surface area (Å²) in [6.07, 6.45) is 6.34. The average Bonchev–Trinajstić information content (AvgIpc) is 3.03. The van der Waals surface area contributed by atoms with Gasteiger partial charge in [0, 0.05) is 11.5 Å². The summed E-state index contributed by atoms with van der Waals surface area (Å²) < 4.78 is 5.28. The second-order valence-corrected chi connectivity index (χ2v) is 5.39. The number of benzene rings is 1. The first-order chi connectivity index (χ1) is 9.15. The van der Waals surface area contributed by atoms with Gasteiger partial charge < -0.3 is 14.9 Å². The van der Waals surface area contributed by atoms with Crippen molar-refractivity contribution < 1.29 is 14.9 Å². The van der Waals surface area contributed by atoms with Crippen LogP contribution in [0.5, 0.6) is 5.75 Å². The number of aliphatic hydroxyl groups excluding tert-OH is 1.